The number of nitrogens with one attached hydrogen (secondary N) is 1. The Morgan fingerprint density at radius 3 is 2.05 bits per heavy atom. The molecule has 0 aromatic heterocycles. The van der Waals surface area contributed by atoms with Gasteiger partial charge in [-0.2, -0.15) is 4.72 Å². The van der Waals surface area contributed by atoms with Gasteiger partial charge in [0.25, 0.3) is 0 Å². The van der Waals surface area contributed by atoms with Crippen LogP contribution in [0.4, 0.5) is 14.5 Å². The zero-order chi connectivity index (χ0) is 15.0. The Kier molecular flexibility index (Phi) is 3.82. The third kappa shape index (κ3) is 3.18. The van der Waals surface area contributed by atoms with E-state index in [0.29, 0.717) is 12.1 Å². The number of carbonyl (C=O) groups excluding carboxylic acids is 1. The molecule has 6 nitrogen and oxygen atoms in total. The first kappa shape index (κ1) is 15.3. The van der Waals surface area contributed by atoms with Gasteiger partial charge in [-0.15, -0.1) is 0 Å². The van der Waals surface area contributed by atoms with Crippen molar-refractivity contribution < 1.29 is 22.0 Å². The largest absolute Gasteiger partial charge is 0.399 e. The molecule has 0 aliphatic heterocycles. The van der Waals surface area contributed by atoms with Gasteiger partial charge in [-0.1, -0.05) is 0 Å². The van der Waals surface area contributed by atoms with Crippen LogP contribution < -0.4 is 16.2 Å². The third-order valence-corrected chi connectivity index (χ3v) is 4.00. The lowest BCUT2D eigenvalue weighted by atomic mass is 10.1. The lowest BCUT2D eigenvalue weighted by Crippen LogP contribution is -2.53. The molecule has 0 unspecified atom stereocenters. The summed E-state index contributed by atoms with van der Waals surface area (Å²) < 4.78 is 52.6. The minimum Gasteiger partial charge on any atom is -0.399 e. The molecule has 1 aromatic carbocycles. The van der Waals surface area contributed by atoms with Crippen LogP contribution in [-0.2, 0) is 14.8 Å². The summed E-state index contributed by atoms with van der Waals surface area (Å²) in [4.78, 5) is 9.83. The normalized spacial score (nSPS) is 12.4. The Morgan fingerprint density at radius 1 is 1.26 bits per heavy atom. The standard InChI is InChI=1S/C10H13F2N3O3S/c1-10(2,9(14)16)15-19(17,18)8-6(11)3-5(13)4-7(8)12/h3-4,15H,13H2,1-2H3,(H2,14,16). The van der Waals surface area contributed by atoms with Crippen LogP contribution >= 0.6 is 0 Å². The van der Waals surface area contributed by atoms with Crippen molar-refractivity contribution in [2.75, 3.05) is 5.73 Å². The molecule has 0 atom stereocenters. The average Bonchev–Trinajstić information content (AvgIpc) is 2.12. The summed E-state index contributed by atoms with van der Waals surface area (Å²) in [6, 6.07) is 1.32. The summed E-state index contributed by atoms with van der Waals surface area (Å²) in [6.45, 7) is 2.33. The average molecular weight is 293 g/mol. The number of hydrogen-bond donors (Lipinski definition) is 3. The van der Waals surface area contributed by atoms with Crippen LogP contribution in [0.2, 0.25) is 0 Å². The number of anilines is 1. The lowest BCUT2D eigenvalue weighted by Gasteiger charge is -2.22. The highest BCUT2D eigenvalue weighted by atomic mass is 32.2. The van der Waals surface area contributed by atoms with E-state index in [1.165, 1.54) is 13.8 Å². The molecule has 0 heterocycles. The number of hydrogen-bond acceptors (Lipinski definition) is 4. The predicted octanol–water partition coefficient (Wildman–Crippen LogP) is 0.0892. The predicted molar refractivity (Wildman–Crippen MR) is 64.4 cm³/mol. The minimum atomic E-state index is -4.60. The second-order valence-electron chi connectivity index (χ2n) is 4.41. The molecule has 0 aliphatic rings. The van der Waals surface area contributed by atoms with E-state index in [-0.39, 0.29) is 5.69 Å². The summed E-state index contributed by atoms with van der Waals surface area (Å²) in [5.74, 6) is -3.71. The van der Waals surface area contributed by atoms with E-state index in [1.54, 1.807) is 0 Å². The van der Waals surface area contributed by atoms with Gasteiger partial charge in [0.15, 0.2) is 4.90 Å². The van der Waals surface area contributed by atoms with Crippen LogP contribution in [0.5, 0.6) is 0 Å². The molecule has 19 heavy (non-hydrogen) atoms. The number of carbonyl (C=O) groups is 1. The quantitative estimate of drug-likeness (QED) is 0.682. The molecule has 0 radical (unpaired) electrons. The summed E-state index contributed by atoms with van der Waals surface area (Å²) in [6.07, 6.45) is 0. The molecule has 0 saturated heterocycles. The second-order valence-corrected chi connectivity index (χ2v) is 6.03. The van der Waals surface area contributed by atoms with Crippen LogP contribution in [0.15, 0.2) is 17.0 Å². The number of rotatable bonds is 4. The molecule has 1 aromatic rings. The fraction of sp³-hybridized carbons (Fsp3) is 0.300. The maximum atomic E-state index is 13.5. The fourth-order valence-corrected chi connectivity index (χ4v) is 2.78. The van der Waals surface area contributed by atoms with Crippen LogP contribution in [0.3, 0.4) is 0 Å². The number of sulfonamides is 1. The van der Waals surface area contributed by atoms with E-state index < -0.39 is 38.0 Å². The molecule has 0 fully saturated rings. The number of primary amides is 1. The summed E-state index contributed by atoms with van der Waals surface area (Å²) in [7, 11) is -4.60. The van der Waals surface area contributed by atoms with Crippen molar-refractivity contribution in [3.63, 3.8) is 0 Å². The second kappa shape index (κ2) is 4.74. The minimum absolute atomic E-state index is 0.261. The van der Waals surface area contributed by atoms with Crippen molar-refractivity contribution in [1.29, 1.82) is 0 Å². The van der Waals surface area contributed by atoms with Crippen molar-refractivity contribution in [2.45, 2.75) is 24.3 Å². The van der Waals surface area contributed by atoms with Crippen molar-refractivity contribution in [3.8, 4) is 0 Å². The first-order valence-electron chi connectivity index (χ1n) is 5.06. The van der Waals surface area contributed by atoms with Gasteiger partial charge in [0.2, 0.25) is 15.9 Å². The van der Waals surface area contributed by atoms with Crippen molar-refractivity contribution in [1.82, 2.24) is 4.72 Å². The molecule has 9 heteroatoms. The number of nitrogens with two attached hydrogens (primary N) is 2. The first-order chi connectivity index (χ1) is 8.47. The van der Waals surface area contributed by atoms with Crippen LogP contribution in [-0.4, -0.2) is 19.9 Å². The van der Waals surface area contributed by atoms with E-state index in [9.17, 15) is 22.0 Å². The van der Waals surface area contributed by atoms with E-state index in [2.05, 4.69) is 0 Å². The Hall–Kier alpha value is -1.74. The molecule has 0 spiro atoms. The summed E-state index contributed by atoms with van der Waals surface area (Å²) in [5.41, 5.74) is 8.20. The van der Waals surface area contributed by atoms with Gasteiger partial charge >= 0.3 is 0 Å². The van der Waals surface area contributed by atoms with Crippen molar-refractivity contribution >= 4 is 21.6 Å². The van der Waals surface area contributed by atoms with E-state index >= 15 is 0 Å². The molecule has 1 amide bonds. The summed E-state index contributed by atoms with van der Waals surface area (Å²) in [5, 5.41) is 0. The van der Waals surface area contributed by atoms with Gasteiger partial charge in [0.1, 0.15) is 17.2 Å². The maximum absolute atomic E-state index is 13.5. The molecular weight excluding hydrogens is 280 g/mol. The van der Waals surface area contributed by atoms with E-state index in [4.69, 9.17) is 11.5 Å². The fourth-order valence-electron chi connectivity index (χ4n) is 1.27. The topological polar surface area (TPSA) is 115 Å². The van der Waals surface area contributed by atoms with Gasteiger partial charge in [-0.3, -0.25) is 4.79 Å². The van der Waals surface area contributed by atoms with Crippen LogP contribution in [0.1, 0.15) is 13.8 Å². The maximum Gasteiger partial charge on any atom is 0.247 e. The van der Waals surface area contributed by atoms with Gasteiger partial charge in [0, 0.05) is 5.69 Å². The molecule has 1 rings (SSSR count). The van der Waals surface area contributed by atoms with Crippen LogP contribution in [0, 0.1) is 11.6 Å². The number of benzene rings is 1. The highest BCUT2D eigenvalue weighted by molar-refractivity contribution is 7.89. The Labute approximate surface area is 108 Å². The zero-order valence-corrected chi connectivity index (χ0v) is 11.0. The zero-order valence-electron chi connectivity index (χ0n) is 10.2. The van der Waals surface area contributed by atoms with E-state index in [0.717, 1.165) is 0 Å². The molecule has 106 valence electrons. The van der Waals surface area contributed by atoms with Gasteiger partial charge < -0.3 is 11.5 Å². The Morgan fingerprint density at radius 2 is 1.68 bits per heavy atom. The SMILES string of the molecule is CC(C)(NS(=O)(=O)c1c(F)cc(N)cc1F)C(N)=O. The van der Waals surface area contributed by atoms with Gasteiger partial charge in [0.05, 0.1) is 0 Å². The number of nitrogen functional groups attached to an aromatic ring is 1. The molecule has 5 N–H and O–H groups in total. The lowest BCUT2D eigenvalue weighted by molar-refractivity contribution is -0.122. The van der Waals surface area contributed by atoms with Crippen molar-refractivity contribution in [3.05, 3.63) is 23.8 Å². The van der Waals surface area contributed by atoms with Gasteiger partial charge in [-0.25, -0.2) is 17.2 Å². The highest BCUT2D eigenvalue weighted by Gasteiger charge is 2.34. The molecule has 0 bridgehead atoms. The smallest absolute Gasteiger partial charge is 0.247 e. The Balaban J connectivity index is 3.34. The Bertz CT molecular complexity index is 606. The monoisotopic (exact) mass is 293 g/mol. The third-order valence-electron chi connectivity index (χ3n) is 2.29. The highest BCUT2D eigenvalue weighted by Crippen LogP contribution is 2.22. The van der Waals surface area contributed by atoms with Crippen molar-refractivity contribution in [2.24, 2.45) is 5.73 Å². The molecular formula is C10H13F2N3O3S. The van der Waals surface area contributed by atoms with E-state index in [1.807, 2.05) is 4.72 Å². The van der Waals surface area contributed by atoms with Crippen LogP contribution in [0.25, 0.3) is 0 Å². The van der Waals surface area contributed by atoms with Gasteiger partial charge in [-0.05, 0) is 26.0 Å². The summed E-state index contributed by atoms with van der Waals surface area (Å²) >= 11 is 0. The number of halogens is 2. The molecule has 0 saturated carbocycles. The first-order valence-corrected chi connectivity index (χ1v) is 6.54. The molecule has 0 aliphatic carbocycles. The number of amides is 1.